The number of hydrogen-bond donors (Lipinski definition) is 0. The molecule has 2 rings (SSSR count). The molecule has 0 aromatic heterocycles. The van der Waals surface area contributed by atoms with E-state index in [1.54, 1.807) is 0 Å². The van der Waals surface area contributed by atoms with Crippen molar-refractivity contribution in [3.8, 4) is 0 Å². The molecule has 2 fully saturated rings. The predicted molar refractivity (Wildman–Crippen MR) is 67.7 cm³/mol. The molecule has 0 heterocycles. The van der Waals surface area contributed by atoms with Crippen LogP contribution in [-0.2, 0) is 4.74 Å². The predicted octanol–water partition coefficient (Wildman–Crippen LogP) is 4.54. The van der Waals surface area contributed by atoms with Gasteiger partial charge in [0.15, 0.2) is 6.10 Å². The van der Waals surface area contributed by atoms with E-state index in [0.29, 0.717) is 11.2 Å². The van der Waals surface area contributed by atoms with E-state index in [2.05, 4.69) is 29.8 Å². The van der Waals surface area contributed by atoms with Crippen molar-refractivity contribution in [1.82, 2.24) is 0 Å². The van der Waals surface area contributed by atoms with E-state index < -0.39 is 17.9 Å². The van der Waals surface area contributed by atoms with Gasteiger partial charge >= 0.3 is 6.18 Å². The first kappa shape index (κ1) is 14.6. The summed E-state index contributed by atoms with van der Waals surface area (Å²) in [5, 5.41) is 0.481. The van der Waals surface area contributed by atoms with Crippen molar-refractivity contribution in [2.45, 2.75) is 57.9 Å². The van der Waals surface area contributed by atoms with Gasteiger partial charge in [0.1, 0.15) is 0 Å². The molecule has 0 saturated heterocycles. The highest BCUT2D eigenvalue weighted by Crippen LogP contribution is 2.64. The molecule has 0 aliphatic heterocycles. The monoisotopic (exact) mass is 328 g/mol. The molecule has 18 heavy (non-hydrogen) atoms. The van der Waals surface area contributed by atoms with E-state index in [9.17, 15) is 13.2 Å². The van der Waals surface area contributed by atoms with Gasteiger partial charge in [0.25, 0.3) is 0 Å². The summed E-state index contributed by atoms with van der Waals surface area (Å²) in [6.45, 7) is 5.23. The van der Waals surface area contributed by atoms with Gasteiger partial charge in [0.05, 0.1) is 5.60 Å². The maximum absolute atomic E-state index is 12.8. The third-order valence-electron chi connectivity index (χ3n) is 5.25. The smallest absolute Gasteiger partial charge is 0.361 e. The van der Waals surface area contributed by atoms with Crippen molar-refractivity contribution < 1.29 is 17.9 Å². The third-order valence-corrected chi connectivity index (χ3v) is 6.08. The van der Waals surface area contributed by atoms with Crippen LogP contribution >= 0.6 is 15.9 Å². The van der Waals surface area contributed by atoms with Gasteiger partial charge in [-0.15, -0.1) is 0 Å². The minimum absolute atomic E-state index is 0.196. The number of alkyl halides is 4. The largest absolute Gasteiger partial charge is 0.414 e. The summed E-state index contributed by atoms with van der Waals surface area (Å²) in [5.74, 6) is 0.738. The molecule has 106 valence electrons. The van der Waals surface area contributed by atoms with Crippen LogP contribution in [0.3, 0.4) is 0 Å². The van der Waals surface area contributed by atoms with Crippen molar-refractivity contribution in [3.63, 3.8) is 0 Å². The molecule has 0 aromatic rings. The fourth-order valence-corrected chi connectivity index (χ4v) is 5.19. The molecule has 2 saturated carbocycles. The van der Waals surface area contributed by atoms with Crippen LogP contribution in [0.5, 0.6) is 0 Å². The number of fused-ring (bicyclic) bond motifs is 2. The summed E-state index contributed by atoms with van der Waals surface area (Å²) in [7, 11) is 0. The quantitative estimate of drug-likeness (QED) is 0.691. The lowest BCUT2D eigenvalue weighted by Crippen LogP contribution is -2.56. The minimum Gasteiger partial charge on any atom is -0.361 e. The summed E-state index contributed by atoms with van der Waals surface area (Å²) < 4.78 is 43.9. The Hall–Kier alpha value is 0.230. The van der Waals surface area contributed by atoms with Gasteiger partial charge < -0.3 is 4.74 Å². The standard InChI is InChI=1S/C13H20BrF3O/c1-8(13(15,16)17)18-12(7-14)10-5-4-9(6-10)11(12,2)3/h8-10H,4-7H2,1-3H3. The molecular formula is C13H20BrF3O. The Morgan fingerprint density at radius 1 is 1.28 bits per heavy atom. The van der Waals surface area contributed by atoms with Crippen molar-refractivity contribution in [2.24, 2.45) is 17.3 Å². The van der Waals surface area contributed by atoms with Gasteiger partial charge in [0.2, 0.25) is 0 Å². The molecule has 0 spiro atoms. The zero-order valence-electron chi connectivity index (χ0n) is 11.0. The minimum atomic E-state index is -4.28. The van der Waals surface area contributed by atoms with Crippen LogP contribution in [0.25, 0.3) is 0 Å². The Balaban J connectivity index is 2.26. The van der Waals surface area contributed by atoms with Gasteiger partial charge in [0, 0.05) is 5.33 Å². The highest BCUT2D eigenvalue weighted by molar-refractivity contribution is 9.09. The van der Waals surface area contributed by atoms with E-state index in [4.69, 9.17) is 4.74 Å². The number of ether oxygens (including phenoxy) is 1. The first-order chi connectivity index (χ1) is 8.15. The van der Waals surface area contributed by atoms with Crippen LogP contribution in [-0.4, -0.2) is 23.2 Å². The second-order valence-corrected chi connectivity index (χ2v) is 6.81. The van der Waals surface area contributed by atoms with Crippen LogP contribution in [0, 0.1) is 17.3 Å². The van der Waals surface area contributed by atoms with Gasteiger partial charge in [-0.1, -0.05) is 29.8 Å². The molecule has 0 aromatic carbocycles. The SMILES string of the molecule is CC(OC1(CBr)C2CCC(C2)C1(C)C)C(F)(F)F. The number of hydrogen-bond acceptors (Lipinski definition) is 1. The molecule has 4 atom stereocenters. The average Bonchev–Trinajstić information content (AvgIpc) is 2.78. The topological polar surface area (TPSA) is 9.23 Å². The second-order valence-electron chi connectivity index (χ2n) is 6.25. The highest BCUT2D eigenvalue weighted by atomic mass is 79.9. The van der Waals surface area contributed by atoms with Gasteiger partial charge in [-0.05, 0) is 43.4 Å². The van der Waals surface area contributed by atoms with E-state index in [-0.39, 0.29) is 11.3 Å². The second kappa shape index (κ2) is 4.37. The Morgan fingerprint density at radius 3 is 2.22 bits per heavy atom. The van der Waals surface area contributed by atoms with Gasteiger partial charge in [-0.2, -0.15) is 13.2 Å². The third kappa shape index (κ3) is 1.92. The molecule has 5 heteroatoms. The van der Waals surface area contributed by atoms with E-state index in [0.717, 1.165) is 26.2 Å². The lowest BCUT2D eigenvalue weighted by atomic mass is 9.66. The molecule has 2 aliphatic carbocycles. The maximum atomic E-state index is 12.8. The Kier molecular flexibility index (Phi) is 3.55. The summed E-state index contributed by atoms with van der Waals surface area (Å²) in [5.41, 5.74) is -0.871. The zero-order valence-corrected chi connectivity index (χ0v) is 12.6. The molecular weight excluding hydrogens is 309 g/mol. The van der Waals surface area contributed by atoms with Crippen LogP contribution < -0.4 is 0 Å². The Bertz CT molecular complexity index is 329. The first-order valence-electron chi connectivity index (χ1n) is 6.45. The lowest BCUT2D eigenvalue weighted by Gasteiger charge is -2.50. The van der Waals surface area contributed by atoms with Crippen molar-refractivity contribution >= 4 is 15.9 Å². The van der Waals surface area contributed by atoms with E-state index in [1.165, 1.54) is 0 Å². The average molecular weight is 329 g/mol. The van der Waals surface area contributed by atoms with E-state index in [1.807, 2.05) is 0 Å². The highest BCUT2D eigenvalue weighted by Gasteiger charge is 2.64. The maximum Gasteiger partial charge on any atom is 0.414 e. The zero-order chi connectivity index (χ0) is 13.8. The van der Waals surface area contributed by atoms with Crippen molar-refractivity contribution in [1.29, 1.82) is 0 Å². The first-order valence-corrected chi connectivity index (χ1v) is 7.58. The summed E-state index contributed by atoms with van der Waals surface area (Å²) in [4.78, 5) is 0. The van der Waals surface area contributed by atoms with Crippen LogP contribution in [0.15, 0.2) is 0 Å². The lowest BCUT2D eigenvalue weighted by molar-refractivity contribution is -0.269. The number of rotatable bonds is 3. The van der Waals surface area contributed by atoms with Crippen LogP contribution in [0.1, 0.15) is 40.0 Å². The van der Waals surface area contributed by atoms with E-state index >= 15 is 0 Å². The van der Waals surface area contributed by atoms with Crippen molar-refractivity contribution in [2.75, 3.05) is 5.33 Å². The molecule has 4 unspecified atom stereocenters. The molecule has 2 bridgehead atoms. The van der Waals surface area contributed by atoms with Gasteiger partial charge in [-0.3, -0.25) is 0 Å². The Morgan fingerprint density at radius 2 is 1.83 bits per heavy atom. The van der Waals surface area contributed by atoms with Crippen molar-refractivity contribution in [3.05, 3.63) is 0 Å². The summed E-state index contributed by atoms with van der Waals surface area (Å²) in [6, 6.07) is 0. The normalized spacial score (nSPS) is 40.2. The molecule has 0 amide bonds. The fourth-order valence-electron chi connectivity index (χ4n) is 3.88. The van der Waals surface area contributed by atoms with Crippen LogP contribution in [0.2, 0.25) is 0 Å². The summed E-state index contributed by atoms with van der Waals surface area (Å²) in [6.07, 6.45) is -2.87. The molecule has 2 aliphatic rings. The van der Waals surface area contributed by atoms with Crippen LogP contribution in [0.4, 0.5) is 13.2 Å². The van der Waals surface area contributed by atoms with Gasteiger partial charge in [-0.25, -0.2) is 0 Å². The molecule has 1 nitrogen and oxygen atoms in total. The summed E-state index contributed by atoms with van der Waals surface area (Å²) >= 11 is 3.41. The number of halogens is 4. The molecule has 0 radical (unpaired) electrons. The Labute approximate surface area is 115 Å². The fraction of sp³-hybridized carbons (Fsp3) is 1.00. The molecule has 0 N–H and O–H groups in total.